The van der Waals surface area contributed by atoms with Gasteiger partial charge in [0.25, 0.3) is 0 Å². The Morgan fingerprint density at radius 3 is 3.13 bits per heavy atom. The quantitative estimate of drug-likeness (QED) is 0.798. The minimum Gasteiger partial charge on any atom is -0.367 e. The van der Waals surface area contributed by atoms with E-state index in [4.69, 9.17) is 0 Å². The molecule has 0 aromatic carbocycles. The van der Waals surface area contributed by atoms with Crippen molar-refractivity contribution in [3.63, 3.8) is 0 Å². The lowest BCUT2D eigenvalue weighted by Gasteiger charge is -1.91. The fourth-order valence-corrected chi connectivity index (χ4v) is 2.04. The van der Waals surface area contributed by atoms with Crippen LogP contribution in [0.15, 0.2) is 23.3 Å². The molecule has 0 saturated heterocycles. The van der Waals surface area contributed by atoms with E-state index in [9.17, 15) is 4.79 Å². The first-order chi connectivity index (χ1) is 7.31. The number of hydrogen-bond acceptors (Lipinski definition) is 5. The van der Waals surface area contributed by atoms with Crippen molar-refractivity contribution in [3.8, 4) is 10.6 Å². The van der Waals surface area contributed by atoms with Gasteiger partial charge < -0.3 is 10.3 Å². The molecule has 0 fully saturated rings. The van der Waals surface area contributed by atoms with Crippen molar-refractivity contribution in [2.75, 3.05) is 7.05 Å². The third-order valence-electron chi connectivity index (χ3n) is 1.85. The summed E-state index contributed by atoms with van der Waals surface area (Å²) < 4.78 is 0. The Bertz CT molecular complexity index is 505. The van der Waals surface area contributed by atoms with Gasteiger partial charge in [-0.05, 0) is 7.05 Å². The molecule has 2 aromatic heterocycles. The second-order valence-electron chi connectivity index (χ2n) is 2.95. The van der Waals surface area contributed by atoms with Gasteiger partial charge in [-0.1, -0.05) is 11.3 Å². The molecule has 0 radical (unpaired) electrons. The maximum Gasteiger partial charge on any atom is 0.191 e. The Balaban J connectivity index is 2.38. The smallest absolute Gasteiger partial charge is 0.191 e. The summed E-state index contributed by atoms with van der Waals surface area (Å²) in [6, 6.07) is 1.48. The first-order valence-corrected chi connectivity index (χ1v) is 5.27. The van der Waals surface area contributed by atoms with Gasteiger partial charge in [0.2, 0.25) is 0 Å². The topological polar surface area (TPSA) is 70.7 Å². The largest absolute Gasteiger partial charge is 0.367 e. The van der Waals surface area contributed by atoms with Gasteiger partial charge in [0.1, 0.15) is 5.01 Å². The molecule has 0 spiro atoms. The highest BCUT2D eigenvalue weighted by atomic mass is 32.1. The van der Waals surface area contributed by atoms with Crippen LogP contribution < -0.4 is 10.7 Å². The molecule has 0 aliphatic rings. The minimum atomic E-state index is -0.0408. The number of H-pyrrole nitrogens is 1. The van der Waals surface area contributed by atoms with Crippen molar-refractivity contribution in [1.82, 2.24) is 20.5 Å². The molecule has 0 aliphatic carbocycles. The van der Waals surface area contributed by atoms with E-state index >= 15 is 0 Å². The fourth-order valence-electron chi connectivity index (χ4n) is 1.17. The van der Waals surface area contributed by atoms with E-state index in [1.54, 1.807) is 12.4 Å². The Morgan fingerprint density at radius 1 is 1.53 bits per heavy atom. The van der Waals surface area contributed by atoms with Crippen molar-refractivity contribution in [2.24, 2.45) is 0 Å². The monoisotopic (exact) mass is 222 g/mol. The van der Waals surface area contributed by atoms with E-state index in [2.05, 4.69) is 20.5 Å². The highest BCUT2D eigenvalue weighted by molar-refractivity contribution is 7.14. The highest BCUT2D eigenvalue weighted by Crippen LogP contribution is 2.19. The molecule has 2 heterocycles. The van der Waals surface area contributed by atoms with Crippen molar-refractivity contribution < 1.29 is 0 Å². The summed E-state index contributed by atoms with van der Waals surface area (Å²) in [6.45, 7) is 0.669. The molecule has 5 nitrogen and oxygen atoms in total. The second-order valence-corrected chi connectivity index (χ2v) is 4.02. The van der Waals surface area contributed by atoms with Gasteiger partial charge in [-0.3, -0.25) is 4.79 Å². The van der Waals surface area contributed by atoms with Gasteiger partial charge in [0, 0.05) is 25.0 Å². The van der Waals surface area contributed by atoms with Crippen molar-refractivity contribution in [3.05, 3.63) is 33.7 Å². The van der Waals surface area contributed by atoms with Gasteiger partial charge in [0.05, 0.1) is 5.56 Å². The van der Waals surface area contributed by atoms with Gasteiger partial charge in [0.15, 0.2) is 10.4 Å². The number of nitrogens with zero attached hydrogens (tertiary/aromatic N) is 2. The molecule has 0 bridgehead atoms. The molecule has 15 heavy (non-hydrogen) atoms. The molecule has 2 rings (SSSR count). The molecule has 2 aromatic rings. The number of rotatable bonds is 3. The normalized spacial score (nSPS) is 10.5. The Morgan fingerprint density at radius 2 is 2.40 bits per heavy atom. The lowest BCUT2D eigenvalue weighted by Crippen LogP contribution is -2.04. The Kier molecular flexibility index (Phi) is 2.89. The van der Waals surface area contributed by atoms with E-state index in [0.29, 0.717) is 17.1 Å². The summed E-state index contributed by atoms with van der Waals surface area (Å²) in [6.07, 6.45) is 3.24. The molecule has 0 atom stereocenters. The predicted octanol–water partition coefficient (Wildman–Crippen LogP) is 0.613. The second kappa shape index (κ2) is 4.33. The summed E-state index contributed by atoms with van der Waals surface area (Å²) in [5.41, 5.74) is 0.526. The minimum absolute atomic E-state index is 0.0408. The van der Waals surface area contributed by atoms with Gasteiger partial charge in [-0.15, -0.1) is 10.2 Å². The fraction of sp³-hybridized carbons (Fsp3) is 0.222. The summed E-state index contributed by atoms with van der Waals surface area (Å²) in [7, 11) is 1.84. The van der Waals surface area contributed by atoms with Crippen LogP contribution in [0.25, 0.3) is 10.6 Å². The zero-order valence-corrected chi connectivity index (χ0v) is 8.97. The third kappa shape index (κ3) is 2.11. The van der Waals surface area contributed by atoms with Crippen LogP contribution in [0.3, 0.4) is 0 Å². The predicted molar refractivity (Wildman–Crippen MR) is 58.7 cm³/mol. The standard InChI is InChI=1S/C9H10N4OS/c1-10-5-8-12-13-9(15-8)6-4-11-3-2-7(6)14/h2-4,10H,5H2,1H3,(H,11,14). The zero-order chi connectivity index (χ0) is 10.7. The first kappa shape index (κ1) is 10.0. The van der Waals surface area contributed by atoms with Crippen molar-refractivity contribution in [2.45, 2.75) is 6.54 Å². The molecule has 0 unspecified atom stereocenters. The van der Waals surface area contributed by atoms with Crippen LogP contribution in [-0.2, 0) is 6.54 Å². The summed E-state index contributed by atoms with van der Waals surface area (Å²) in [4.78, 5) is 14.4. The van der Waals surface area contributed by atoms with Crippen molar-refractivity contribution >= 4 is 11.3 Å². The van der Waals surface area contributed by atoms with E-state index in [-0.39, 0.29) is 5.43 Å². The van der Waals surface area contributed by atoms with Crippen LogP contribution in [0.5, 0.6) is 0 Å². The first-order valence-electron chi connectivity index (χ1n) is 4.45. The van der Waals surface area contributed by atoms with Crippen LogP contribution in [-0.4, -0.2) is 22.2 Å². The van der Waals surface area contributed by atoms with E-state index in [1.165, 1.54) is 17.4 Å². The number of nitrogens with one attached hydrogen (secondary N) is 2. The van der Waals surface area contributed by atoms with Crippen LogP contribution in [0.4, 0.5) is 0 Å². The molecular weight excluding hydrogens is 212 g/mol. The maximum absolute atomic E-state index is 11.5. The molecule has 0 saturated carbocycles. The van der Waals surface area contributed by atoms with Gasteiger partial charge >= 0.3 is 0 Å². The number of pyridine rings is 1. The van der Waals surface area contributed by atoms with Crippen molar-refractivity contribution in [1.29, 1.82) is 0 Å². The van der Waals surface area contributed by atoms with Crippen LogP contribution in [0, 0.1) is 0 Å². The lowest BCUT2D eigenvalue weighted by molar-refractivity contribution is 0.794. The maximum atomic E-state index is 11.5. The molecule has 0 amide bonds. The number of aromatic nitrogens is 3. The van der Waals surface area contributed by atoms with E-state index in [0.717, 1.165) is 5.01 Å². The number of hydrogen-bond donors (Lipinski definition) is 2. The molecular formula is C9H10N4OS. The molecule has 6 heteroatoms. The highest BCUT2D eigenvalue weighted by Gasteiger charge is 2.08. The molecule has 2 N–H and O–H groups in total. The van der Waals surface area contributed by atoms with E-state index in [1.807, 2.05) is 7.05 Å². The molecule has 0 aliphatic heterocycles. The lowest BCUT2D eigenvalue weighted by atomic mass is 10.3. The zero-order valence-electron chi connectivity index (χ0n) is 8.15. The van der Waals surface area contributed by atoms with Crippen LogP contribution in [0.1, 0.15) is 5.01 Å². The van der Waals surface area contributed by atoms with Crippen LogP contribution >= 0.6 is 11.3 Å². The Hall–Kier alpha value is -1.53. The van der Waals surface area contributed by atoms with Gasteiger partial charge in [-0.25, -0.2) is 0 Å². The summed E-state index contributed by atoms with van der Waals surface area (Å²) in [5.74, 6) is 0. The average molecular weight is 222 g/mol. The van der Waals surface area contributed by atoms with E-state index < -0.39 is 0 Å². The SMILES string of the molecule is CNCc1nnc(-c2c[nH]ccc2=O)s1. The summed E-state index contributed by atoms with van der Waals surface area (Å²) in [5, 5.41) is 12.5. The summed E-state index contributed by atoms with van der Waals surface area (Å²) >= 11 is 1.42. The third-order valence-corrected chi connectivity index (χ3v) is 2.81. The average Bonchev–Trinajstić information content (AvgIpc) is 2.68. The Labute approximate surface area is 90.2 Å². The van der Waals surface area contributed by atoms with Gasteiger partial charge in [-0.2, -0.15) is 0 Å². The van der Waals surface area contributed by atoms with Crippen LogP contribution in [0.2, 0.25) is 0 Å². The molecule has 78 valence electrons. The number of aromatic amines is 1.